The van der Waals surface area contributed by atoms with Crippen LogP contribution in [0.1, 0.15) is 25.3 Å². The molecule has 134 valence electrons. The van der Waals surface area contributed by atoms with Crippen molar-refractivity contribution in [2.45, 2.75) is 26.3 Å². The number of carbonyl (C=O) groups is 2. The molecule has 1 aliphatic heterocycles. The van der Waals surface area contributed by atoms with Gasteiger partial charge >= 0.3 is 5.97 Å². The van der Waals surface area contributed by atoms with E-state index in [1.165, 1.54) is 0 Å². The van der Waals surface area contributed by atoms with E-state index in [-0.39, 0.29) is 30.8 Å². The Morgan fingerprint density at radius 1 is 1.42 bits per heavy atom. The van der Waals surface area contributed by atoms with E-state index in [0.29, 0.717) is 26.1 Å². The lowest BCUT2D eigenvalue weighted by atomic mass is 9.98. The number of ether oxygens (including phenoxy) is 1. The van der Waals surface area contributed by atoms with Crippen molar-refractivity contribution < 1.29 is 19.4 Å². The Balaban J connectivity index is 0.00000288. The van der Waals surface area contributed by atoms with Crippen LogP contribution in [0.4, 0.5) is 0 Å². The molecule has 1 aromatic carbocycles. The van der Waals surface area contributed by atoms with Crippen molar-refractivity contribution in [2.75, 3.05) is 26.2 Å². The van der Waals surface area contributed by atoms with Crippen LogP contribution in [-0.2, 0) is 16.1 Å². The summed E-state index contributed by atoms with van der Waals surface area (Å²) in [6, 6.07) is 7.62. The van der Waals surface area contributed by atoms with E-state index in [4.69, 9.17) is 9.84 Å². The Bertz CT molecular complexity index is 553. The number of nitrogens with one attached hydrogen (secondary N) is 1. The predicted octanol–water partition coefficient (Wildman–Crippen LogP) is 1.92. The molecule has 1 saturated heterocycles. The molecular formula is C17H25ClN2O4. The van der Waals surface area contributed by atoms with Crippen molar-refractivity contribution in [3.05, 3.63) is 29.8 Å². The predicted molar refractivity (Wildman–Crippen MR) is 93.5 cm³/mol. The second-order valence-corrected chi connectivity index (χ2v) is 5.77. The number of aliphatic carboxylic acids is 1. The summed E-state index contributed by atoms with van der Waals surface area (Å²) in [4.78, 5) is 25.0. The smallest absolute Gasteiger partial charge is 0.307 e. The third kappa shape index (κ3) is 6.37. The van der Waals surface area contributed by atoms with Crippen molar-refractivity contribution in [3.8, 4) is 5.75 Å². The zero-order valence-corrected chi connectivity index (χ0v) is 14.7. The maximum absolute atomic E-state index is 12.0. The minimum absolute atomic E-state index is 0. The van der Waals surface area contributed by atoms with Gasteiger partial charge in [0.2, 0.25) is 5.91 Å². The highest BCUT2D eigenvalue weighted by Gasteiger charge is 2.26. The highest BCUT2D eigenvalue weighted by atomic mass is 35.5. The number of benzene rings is 1. The molecule has 0 saturated carbocycles. The van der Waals surface area contributed by atoms with Gasteiger partial charge in [-0.25, -0.2) is 0 Å². The van der Waals surface area contributed by atoms with Crippen molar-refractivity contribution in [1.29, 1.82) is 0 Å². The SMILES string of the molecule is CCOc1cccc(CNC(=O)CN2CCCC(C(=O)O)C2)c1.Cl. The van der Waals surface area contributed by atoms with Crippen molar-refractivity contribution in [3.63, 3.8) is 0 Å². The summed E-state index contributed by atoms with van der Waals surface area (Å²) in [5, 5.41) is 11.9. The van der Waals surface area contributed by atoms with Crippen molar-refractivity contribution in [2.24, 2.45) is 5.92 Å². The Morgan fingerprint density at radius 2 is 2.21 bits per heavy atom. The molecule has 1 amide bonds. The fourth-order valence-electron chi connectivity index (χ4n) is 2.77. The van der Waals surface area contributed by atoms with Gasteiger partial charge in [-0.3, -0.25) is 14.5 Å². The van der Waals surface area contributed by atoms with Crippen molar-refractivity contribution >= 4 is 24.3 Å². The maximum Gasteiger partial charge on any atom is 0.307 e. The van der Waals surface area contributed by atoms with Crippen LogP contribution in [0.5, 0.6) is 5.75 Å². The topological polar surface area (TPSA) is 78.9 Å². The quantitative estimate of drug-likeness (QED) is 0.780. The first kappa shape index (κ1) is 20.3. The first-order valence-electron chi connectivity index (χ1n) is 8.02. The molecule has 7 heteroatoms. The lowest BCUT2D eigenvalue weighted by Gasteiger charge is -2.29. The van der Waals surface area contributed by atoms with E-state index < -0.39 is 5.97 Å². The fraction of sp³-hybridized carbons (Fsp3) is 0.529. The Labute approximate surface area is 148 Å². The molecule has 1 fully saturated rings. The van der Waals surface area contributed by atoms with E-state index in [0.717, 1.165) is 24.3 Å². The van der Waals surface area contributed by atoms with Gasteiger partial charge in [0.25, 0.3) is 0 Å². The third-order valence-corrected chi connectivity index (χ3v) is 3.92. The Morgan fingerprint density at radius 3 is 2.92 bits per heavy atom. The lowest BCUT2D eigenvalue weighted by Crippen LogP contribution is -2.44. The molecule has 2 N–H and O–H groups in total. The summed E-state index contributed by atoms with van der Waals surface area (Å²) in [7, 11) is 0. The number of piperidine rings is 1. The van der Waals surface area contributed by atoms with Crippen LogP contribution in [0.15, 0.2) is 24.3 Å². The van der Waals surface area contributed by atoms with Gasteiger partial charge in [-0.05, 0) is 44.0 Å². The molecule has 1 aliphatic rings. The van der Waals surface area contributed by atoms with E-state index in [2.05, 4.69) is 5.32 Å². The lowest BCUT2D eigenvalue weighted by molar-refractivity contribution is -0.144. The summed E-state index contributed by atoms with van der Waals surface area (Å²) in [6.45, 7) is 4.44. The molecule has 1 aromatic rings. The van der Waals surface area contributed by atoms with Gasteiger partial charge in [-0.15, -0.1) is 12.4 Å². The van der Waals surface area contributed by atoms with Crippen LogP contribution in [0.3, 0.4) is 0 Å². The minimum Gasteiger partial charge on any atom is -0.494 e. The molecule has 1 unspecified atom stereocenters. The molecule has 1 heterocycles. The normalized spacial score (nSPS) is 17.6. The van der Waals surface area contributed by atoms with E-state index >= 15 is 0 Å². The van der Waals surface area contributed by atoms with Gasteiger partial charge in [-0.1, -0.05) is 12.1 Å². The molecule has 0 aliphatic carbocycles. The molecule has 0 radical (unpaired) electrons. The summed E-state index contributed by atoms with van der Waals surface area (Å²) in [6.07, 6.45) is 1.51. The summed E-state index contributed by atoms with van der Waals surface area (Å²) in [5.74, 6) is -0.431. The summed E-state index contributed by atoms with van der Waals surface area (Å²) >= 11 is 0. The molecule has 2 rings (SSSR count). The number of carbonyl (C=O) groups excluding carboxylic acids is 1. The highest BCUT2D eigenvalue weighted by molar-refractivity contribution is 5.85. The van der Waals surface area contributed by atoms with E-state index in [9.17, 15) is 9.59 Å². The van der Waals surface area contributed by atoms with Crippen LogP contribution in [0.25, 0.3) is 0 Å². The monoisotopic (exact) mass is 356 g/mol. The zero-order chi connectivity index (χ0) is 16.7. The van der Waals surface area contributed by atoms with Gasteiger partial charge in [0.15, 0.2) is 0 Å². The average molecular weight is 357 g/mol. The molecule has 0 bridgehead atoms. The van der Waals surface area contributed by atoms with Gasteiger partial charge in [0, 0.05) is 13.1 Å². The second kappa shape index (κ2) is 10.2. The molecule has 24 heavy (non-hydrogen) atoms. The van der Waals surface area contributed by atoms with Crippen LogP contribution in [0.2, 0.25) is 0 Å². The molecule has 0 spiro atoms. The number of hydrogen-bond acceptors (Lipinski definition) is 4. The highest BCUT2D eigenvalue weighted by Crippen LogP contribution is 2.16. The van der Waals surface area contributed by atoms with Crippen LogP contribution in [-0.4, -0.2) is 48.1 Å². The van der Waals surface area contributed by atoms with Gasteiger partial charge in [0.05, 0.1) is 19.1 Å². The van der Waals surface area contributed by atoms with Gasteiger partial charge < -0.3 is 15.2 Å². The average Bonchev–Trinajstić information content (AvgIpc) is 2.54. The number of hydrogen-bond donors (Lipinski definition) is 2. The number of carboxylic acids is 1. The zero-order valence-electron chi connectivity index (χ0n) is 13.9. The van der Waals surface area contributed by atoms with E-state index in [1.807, 2.05) is 36.1 Å². The molecule has 6 nitrogen and oxygen atoms in total. The number of carboxylic acid groups (broad SMARTS) is 1. The maximum atomic E-state index is 12.0. The summed E-state index contributed by atoms with van der Waals surface area (Å²) < 4.78 is 5.43. The number of amides is 1. The first-order chi connectivity index (χ1) is 11.1. The van der Waals surface area contributed by atoms with Crippen molar-refractivity contribution in [1.82, 2.24) is 10.2 Å². The second-order valence-electron chi connectivity index (χ2n) is 5.77. The Hall–Kier alpha value is -1.79. The number of rotatable bonds is 7. The van der Waals surface area contributed by atoms with Gasteiger partial charge in [0.1, 0.15) is 5.75 Å². The molecule has 1 atom stereocenters. The number of halogens is 1. The third-order valence-electron chi connectivity index (χ3n) is 3.92. The minimum atomic E-state index is -0.775. The standard InChI is InChI=1S/C17H24N2O4.ClH/c1-2-23-15-7-3-5-13(9-15)10-18-16(20)12-19-8-4-6-14(11-19)17(21)22;/h3,5,7,9,14H,2,4,6,8,10-12H2,1H3,(H,18,20)(H,21,22);1H. The Kier molecular flexibility index (Phi) is 8.57. The molecular weight excluding hydrogens is 332 g/mol. The van der Waals surface area contributed by atoms with Crippen LogP contribution in [0, 0.1) is 5.92 Å². The molecule has 0 aromatic heterocycles. The largest absolute Gasteiger partial charge is 0.494 e. The van der Waals surface area contributed by atoms with E-state index in [1.54, 1.807) is 0 Å². The van der Waals surface area contributed by atoms with Gasteiger partial charge in [-0.2, -0.15) is 0 Å². The van der Waals surface area contributed by atoms with Crippen LogP contribution >= 0.6 is 12.4 Å². The van der Waals surface area contributed by atoms with Crippen LogP contribution < -0.4 is 10.1 Å². The summed E-state index contributed by atoms with van der Waals surface area (Å²) in [5.41, 5.74) is 0.978. The first-order valence-corrected chi connectivity index (χ1v) is 8.02. The number of nitrogens with zero attached hydrogens (tertiary/aromatic N) is 1. The number of likely N-dealkylation sites (tertiary alicyclic amines) is 1. The fourth-order valence-corrected chi connectivity index (χ4v) is 2.77.